The molecule has 0 saturated heterocycles. The Balaban J connectivity index is 2.79. The van der Waals surface area contributed by atoms with Gasteiger partial charge in [0.25, 0.3) is 0 Å². The molecule has 0 aliphatic carbocycles. The lowest BCUT2D eigenvalue weighted by Crippen LogP contribution is -2.30. The monoisotopic (exact) mass is 277 g/mol. The summed E-state index contributed by atoms with van der Waals surface area (Å²) in [5.74, 6) is -0.0539. The van der Waals surface area contributed by atoms with Gasteiger partial charge in [0.1, 0.15) is 5.75 Å². The molecule has 17 heavy (non-hydrogen) atoms. The molecule has 0 saturated carbocycles. The van der Waals surface area contributed by atoms with E-state index in [1.165, 1.54) is 7.11 Å². The first kappa shape index (κ1) is 13.8. The Bertz CT molecular complexity index is 527. The smallest absolute Gasteiger partial charge is 0.237 e. The summed E-state index contributed by atoms with van der Waals surface area (Å²) >= 11 is 5.91. The highest BCUT2D eigenvalue weighted by Gasteiger charge is 2.11. The van der Waals surface area contributed by atoms with Gasteiger partial charge >= 0.3 is 0 Å². The Morgan fingerprint density at radius 2 is 2.12 bits per heavy atom. The molecule has 0 spiro atoms. The van der Waals surface area contributed by atoms with Crippen molar-refractivity contribution >= 4 is 27.5 Å². The highest BCUT2D eigenvalue weighted by Crippen LogP contribution is 2.22. The lowest BCUT2D eigenvalue weighted by Gasteiger charge is -2.06. The number of amides is 1. The van der Waals surface area contributed by atoms with Gasteiger partial charge in [0.05, 0.1) is 19.8 Å². The van der Waals surface area contributed by atoms with Crippen LogP contribution in [-0.4, -0.2) is 27.7 Å². The fraction of sp³-hybridized carbons (Fsp3) is 0.300. The van der Waals surface area contributed by atoms with Gasteiger partial charge in [0.2, 0.25) is 15.9 Å². The summed E-state index contributed by atoms with van der Waals surface area (Å²) in [6.45, 7) is 0. The van der Waals surface area contributed by atoms with Gasteiger partial charge in [0, 0.05) is 5.02 Å². The number of sulfonamides is 1. The van der Waals surface area contributed by atoms with Crippen LogP contribution in [0.1, 0.15) is 5.56 Å². The molecule has 0 unspecified atom stereocenters. The molecule has 0 aliphatic heterocycles. The zero-order valence-electron chi connectivity index (χ0n) is 9.36. The molecular weight excluding hydrogens is 266 g/mol. The van der Waals surface area contributed by atoms with E-state index in [1.54, 1.807) is 18.2 Å². The normalized spacial score (nSPS) is 11.0. The SMILES string of the molecule is COc1ccc(CC(=O)NS(C)(=O)=O)c(Cl)c1. The zero-order valence-corrected chi connectivity index (χ0v) is 10.9. The van der Waals surface area contributed by atoms with Gasteiger partial charge in [-0.05, 0) is 17.7 Å². The zero-order chi connectivity index (χ0) is 13.1. The molecule has 1 rings (SSSR count). The summed E-state index contributed by atoms with van der Waals surface area (Å²) in [5.41, 5.74) is 0.536. The van der Waals surface area contributed by atoms with Crippen LogP contribution in [0.4, 0.5) is 0 Å². The maximum atomic E-state index is 11.4. The van der Waals surface area contributed by atoms with Gasteiger partial charge in [-0.3, -0.25) is 9.52 Å². The third-order valence-electron chi connectivity index (χ3n) is 1.91. The van der Waals surface area contributed by atoms with Crippen molar-refractivity contribution < 1.29 is 17.9 Å². The van der Waals surface area contributed by atoms with Crippen molar-refractivity contribution in [3.63, 3.8) is 0 Å². The quantitative estimate of drug-likeness (QED) is 0.890. The third-order valence-corrected chi connectivity index (χ3v) is 2.86. The Labute approximate surface area is 105 Å². The number of carbonyl (C=O) groups is 1. The van der Waals surface area contributed by atoms with E-state index in [2.05, 4.69) is 0 Å². The maximum absolute atomic E-state index is 11.4. The number of methoxy groups -OCH3 is 1. The Kier molecular flexibility index (Phi) is 4.36. The lowest BCUT2D eigenvalue weighted by atomic mass is 10.1. The summed E-state index contributed by atoms with van der Waals surface area (Å²) in [4.78, 5) is 11.4. The first-order chi connectivity index (χ1) is 7.81. The summed E-state index contributed by atoms with van der Waals surface area (Å²) in [6, 6.07) is 4.82. The molecule has 0 heterocycles. The van der Waals surface area contributed by atoms with Crippen LogP contribution < -0.4 is 9.46 Å². The fourth-order valence-electron chi connectivity index (χ4n) is 1.21. The molecule has 0 fully saturated rings. The Morgan fingerprint density at radius 3 is 2.59 bits per heavy atom. The molecule has 1 aromatic carbocycles. The molecule has 1 N–H and O–H groups in total. The summed E-state index contributed by atoms with van der Waals surface area (Å²) in [7, 11) is -2.03. The second kappa shape index (κ2) is 5.37. The number of nitrogens with one attached hydrogen (secondary N) is 1. The van der Waals surface area contributed by atoms with Crippen molar-refractivity contribution in [1.29, 1.82) is 0 Å². The Morgan fingerprint density at radius 1 is 1.47 bits per heavy atom. The van der Waals surface area contributed by atoms with E-state index in [0.29, 0.717) is 16.3 Å². The molecule has 0 bridgehead atoms. The molecular formula is C10H12ClNO4S. The van der Waals surface area contributed by atoms with Crippen LogP contribution in [-0.2, 0) is 21.2 Å². The van der Waals surface area contributed by atoms with Crippen molar-refractivity contribution in [2.75, 3.05) is 13.4 Å². The van der Waals surface area contributed by atoms with Crippen LogP contribution in [0.2, 0.25) is 5.02 Å². The predicted molar refractivity (Wildman–Crippen MR) is 64.7 cm³/mol. The van der Waals surface area contributed by atoms with Crippen molar-refractivity contribution in [2.24, 2.45) is 0 Å². The van der Waals surface area contributed by atoms with Gasteiger partial charge in [-0.25, -0.2) is 8.42 Å². The summed E-state index contributed by atoms with van der Waals surface area (Å²) in [6.07, 6.45) is 0.816. The predicted octanol–water partition coefficient (Wildman–Crippen LogP) is 0.967. The molecule has 1 aromatic rings. The van der Waals surface area contributed by atoms with E-state index in [0.717, 1.165) is 6.26 Å². The third kappa shape index (κ3) is 4.62. The van der Waals surface area contributed by atoms with E-state index in [4.69, 9.17) is 16.3 Å². The van der Waals surface area contributed by atoms with E-state index in [1.807, 2.05) is 4.72 Å². The number of ether oxygens (including phenoxy) is 1. The lowest BCUT2D eigenvalue weighted by molar-refractivity contribution is -0.118. The summed E-state index contributed by atoms with van der Waals surface area (Å²) < 4.78 is 28.5. The number of rotatable bonds is 4. The van der Waals surface area contributed by atoms with E-state index >= 15 is 0 Å². The van der Waals surface area contributed by atoms with Gasteiger partial charge in [-0.2, -0.15) is 0 Å². The minimum Gasteiger partial charge on any atom is -0.497 e. The molecule has 0 aromatic heterocycles. The number of hydrogen-bond acceptors (Lipinski definition) is 4. The molecule has 5 nitrogen and oxygen atoms in total. The van der Waals surface area contributed by atoms with Gasteiger partial charge in [-0.15, -0.1) is 0 Å². The highest BCUT2D eigenvalue weighted by atomic mass is 35.5. The van der Waals surface area contributed by atoms with Crippen LogP contribution in [0.15, 0.2) is 18.2 Å². The highest BCUT2D eigenvalue weighted by molar-refractivity contribution is 7.89. The maximum Gasteiger partial charge on any atom is 0.237 e. The van der Waals surface area contributed by atoms with Gasteiger partial charge < -0.3 is 4.74 Å². The molecule has 0 atom stereocenters. The molecule has 0 aliphatic rings. The van der Waals surface area contributed by atoms with E-state index < -0.39 is 15.9 Å². The van der Waals surface area contributed by atoms with Gasteiger partial charge in [0.15, 0.2) is 0 Å². The van der Waals surface area contributed by atoms with E-state index in [9.17, 15) is 13.2 Å². The average molecular weight is 278 g/mol. The molecule has 0 radical (unpaired) electrons. The molecule has 94 valence electrons. The first-order valence-electron chi connectivity index (χ1n) is 4.65. The second-order valence-electron chi connectivity index (χ2n) is 3.43. The number of hydrogen-bond donors (Lipinski definition) is 1. The largest absolute Gasteiger partial charge is 0.497 e. The number of carbonyl (C=O) groups excluding carboxylic acids is 1. The second-order valence-corrected chi connectivity index (χ2v) is 5.59. The van der Waals surface area contributed by atoms with Crippen LogP contribution >= 0.6 is 11.6 Å². The topological polar surface area (TPSA) is 72.5 Å². The average Bonchev–Trinajstić information content (AvgIpc) is 2.18. The van der Waals surface area contributed by atoms with Crippen molar-refractivity contribution in [3.8, 4) is 5.75 Å². The van der Waals surface area contributed by atoms with E-state index in [-0.39, 0.29) is 6.42 Å². The van der Waals surface area contributed by atoms with Crippen molar-refractivity contribution in [1.82, 2.24) is 4.72 Å². The molecule has 7 heteroatoms. The van der Waals surface area contributed by atoms with Crippen LogP contribution in [0.25, 0.3) is 0 Å². The minimum absolute atomic E-state index is 0.101. The first-order valence-corrected chi connectivity index (χ1v) is 6.92. The van der Waals surface area contributed by atoms with Crippen LogP contribution in [0.5, 0.6) is 5.75 Å². The Hall–Kier alpha value is -1.27. The van der Waals surface area contributed by atoms with Crippen LogP contribution in [0.3, 0.4) is 0 Å². The standard InChI is InChI=1S/C10H12ClNO4S/c1-16-8-4-3-7(9(11)6-8)5-10(13)12-17(2,14)15/h3-4,6H,5H2,1-2H3,(H,12,13). The van der Waals surface area contributed by atoms with Crippen molar-refractivity contribution in [3.05, 3.63) is 28.8 Å². The summed E-state index contributed by atoms with van der Waals surface area (Å²) in [5, 5.41) is 0.355. The molecule has 1 amide bonds. The van der Waals surface area contributed by atoms with Gasteiger partial charge in [-0.1, -0.05) is 17.7 Å². The number of benzene rings is 1. The number of halogens is 1. The van der Waals surface area contributed by atoms with Crippen molar-refractivity contribution in [2.45, 2.75) is 6.42 Å². The minimum atomic E-state index is -3.54. The fourth-order valence-corrected chi connectivity index (χ4v) is 1.94. The van der Waals surface area contributed by atoms with Crippen LogP contribution in [0, 0.1) is 0 Å².